The lowest BCUT2D eigenvalue weighted by atomic mass is 9.84. The molecule has 0 bridgehead atoms. The highest BCUT2D eigenvalue weighted by molar-refractivity contribution is 8.00. The smallest absolute Gasteiger partial charge is 0.338 e. The van der Waals surface area contributed by atoms with Gasteiger partial charge in [0.2, 0.25) is 11.8 Å². The van der Waals surface area contributed by atoms with Gasteiger partial charge in [-0.15, -0.1) is 0 Å². The van der Waals surface area contributed by atoms with Gasteiger partial charge in [-0.1, -0.05) is 29.2 Å². The van der Waals surface area contributed by atoms with Crippen molar-refractivity contribution in [1.29, 1.82) is 0 Å². The van der Waals surface area contributed by atoms with Gasteiger partial charge in [0.25, 0.3) is 0 Å². The Morgan fingerprint density at radius 1 is 1.00 bits per heavy atom. The molecule has 2 aliphatic heterocycles. The van der Waals surface area contributed by atoms with E-state index in [0.717, 1.165) is 28.0 Å². The van der Waals surface area contributed by atoms with Gasteiger partial charge in [-0.05, 0) is 49.7 Å². The lowest BCUT2D eigenvalue weighted by Crippen LogP contribution is -2.32. The van der Waals surface area contributed by atoms with Gasteiger partial charge in [0.05, 0.1) is 35.4 Å². The third-order valence-corrected chi connectivity index (χ3v) is 8.93. The zero-order valence-corrected chi connectivity index (χ0v) is 22.1. The summed E-state index contributed by atoms with van der Waals surface area (Å²) in [4.78, 5) is 70.4. The fourth-order valence-corrected chi connectivity index (χ4v) is 7.50. The molecule has 0 N–H and O–H groups in total. The normalized spacial score (nSPS) is 20.2. The van der Waals surface area contributed by atoms with E-state index in [2.05, 4.69) is 4.98 Å². The Morgan fingerprint density at radius 3 is 2.39 bits per heavy atom. The van der Waals surface area contributed by atoms with Crippen LogP contribution >= 0.6 is 23.1 Å². The fourth-order valence-electron chi connectivity index (χ4n) is 4.73. The molecule has 12 heteroatoms. The van der Waals surface area contributed by atoms with Crippen LogP contribution in [0.4, 0.5) is 5.69 Å². The Labute approximate surface area is 225 Å². The number of carbonyl (C=O) groups excluding carboxylic acids is 4. The quantitative estimate of drug-likeness (QED) is 0.321. The Balaban J connectivity index is 1.56. The molecule has 5 rings (SSSR count). The number of pyridine rings is 1. The van der Waals surface area contributed by atoms with E-state index in [9.17, 15) is 24.0 Å². The number of anilines is 1. The Hall–Kier alpha value is -3.77. The van der Waals surface area contributed by atoms with Crippen LogP contribution in [0.1, 0.15) is 40.6 Å². The minimum Gasteiger partial charge on any atom is -0.465 e. The maximum atomic E-state index is 13.8. The molecular formula is C26H23N3O7S2. The summed E-state index contributed by atoms with van der Waals surface area (Å²) in [6, 6.07) is 9.64. The van der Waals surface area contributed by atoms with Crippen LogP contribution in [0.2, 0.25) is 0 Å². The monoisotopic (exact) mass is 553 g/mol. The number of thiazole rings is 1. The number of carbonyl (C=O) groups is 4. The molecule has 2 amide bonds. The van der Waals surface area contributed by atoms with Crippen LogP contribution < -0.4 is 9.77 Å². The van der Waals surface area contributed by atoms with Gasteiger partial charge in [-0.25, -0.2) is 9.69 Å². The van der Waals surface area contributed by atoms with E-state index in [-0.39, 0.29) is 24.6 Å². The molecule has 1 saturated heterocycles. The van der Waals surface area contributed by atoms with Crippen molar-refractivity contribution in [2.24, 2.45) is 5.92 Å². The first-order valence-corrected chi connectivity index (χ1v) is 13.7. The number of hydrogen-bond acceptors (Lipinski definition) is 10. The SMILES string of the molecule is CCOC(=O)Cn1c2c(sc1=O)C(c1cccnc1)C1C(=O)N(c3ccc(C(=O)OCC)cc3)C(=O)C1S2. The van der Waals surface area contributed by atoms with Crippen LogP contribution in [-0.4, -0.2) is 51.8 Å². The van der Waals surface area contributed by atoms with Crippen molar-refractivity contribution >= 4 is 52.5 Å². The highest BCUT2D eigenvalue weighted by atomic mass is 32.2. The van der Waals surface area contributed by atoms with Crippen molar-refractivity contribution in [2.45, 2.75) is 36.6 Å². The second kappa shape index (κ2) is 10.5. The third kappa shape index (κ3) is 4.43. The Morgan fingerprint density at radius 2 is 1.74 bits per heavy atom. The predicted octanol–water partition coefficient (Wildman–Crippen LogP) is 2.84. The summed E-state index contributed by atoms with van der Waals surface area (Å²) < 4.78 is 11.4. The van der Waals surface area contributed by atoms with Crippen molar-refractivity contribution in [3.05, 3.63) is 74.5 Å². The third-order valence-electron chi connectivity index (χ3n) is 6.32. The van der Waals surface area contributed by atoms with Crippen LogP contribution in [0, 0.1) is 5.92 Å². The summed E-state index contributed by atoms with van der Waals surface area (Å²) in [6.07, 6.45) is 3.23. The van der Waals surface area contributed by atoms with E-state index in [1.807, 2.05) is 6.07 Å². The van der Waals surface area contributed by atoms with Crippen LogP contribution in [0.5, 0.6) is 0 Å². The number of imide groups is 1. The number of esters is 2. The van der Waals surface area contributed by atoms with Gasteiger partial charge < -0.3 is 9.47 Å². The number of nitrogens with zero attached hydrogens (tertiary/aromatic N) is 3. The molecule has 3 atom stereocenters. The molecule has 38 heavy (non-hydrogen) atoms. The molecule has 4 heterocycles. The van der Waals surface area contributed by atoms with Gasteiger partial charge in [-0.3, -0.25) is 28.7 Å². The molecule has 0 saturated carbocycles. The number of hydrogen-bond donors (Lipinski definition) is 0. The molecule has 196 valence electrons. The summed E-state index contributed by atoms with van der Waals surface area (Å²) in [5, 5.41) is -0.351. The molecule has 1 fully saturated rings. The van der Waals surface area contributed by atoms with Crippen molar-refractivity contribution in [1.82, 2.24) is 9.55 Å². The number of aromatic nitrogens is 2. The molecule has 0 spiro atoms. The minimum absolute atomic E-state index is 0.174. The minimum atomic E-state index is -0.826. The maximum Gasteiger partial charge on any atom is 0.338 e. The average Bonchev–Trinajstić information content (AvgIpc) is 3.35. The number of benzene rings is 1. The molecule has 2 aromatic heterocycles. The molecule has 3 aromatic rings. The van der Waals surface area contributed by atoms with Crippen molar-refractivity contribution in [3.8, 4) is 0 Å². The lowest BCUT2D eigenvalue weighted by molar-refractivity contribution is -0.144. The van der Waals surface area contributed by atoms with Gasteiger partial charge in [-0.2, -0.15) is 0 Å². The Kier molecular flexibility index (Phi) is 7.17. The second-order valence-corrected chi connectivity index (χ2v) is 10.7. The summed E-state index contributed by atoms with van der Waals surface area (Å²) in [6.45, 7) is 3.50. The number of fused-ring (bicyclic) bond motifs is 2. The Bertz CT molecular complexity index is 1470. The first-order chi connectivity index (χ1) is 18.3. The number of thioether (sulfide) groups is 1. The van der Waals surface area contributed by atoms with Crippen LogP contribution in [0.25, 0.3) is 0 Å². The van der Waals surface area contributed by atoms with Crippen molar-refractivity contribution < 1.29 is 28.7 Å². The van der Waals surface area contributed by atoms with E-state index in [1.165, 1.54) is 28.8 Å². The standard InChI is InChI=1S/C26H23N3O7S2/c1-3-35-17(30)13-28-24-21(38-26(28)34)18(15-6-5-11-27-12-15)19-20(37-24)23(32)29(22(19)31)16-9-7-14(8-10-16)25(33)36-4-2/h5-12,18-20H,3-4,13H2,1-2H3. The molecule has 2 aliphatic rings. The lowest BCUT2D eigenvalue weighted by Gasteiger charge is -2.30. The van der Waals surface area contributed by atoms with Crippen molar-refractivity contribution in [3.63, 3.8) is 0 Å². The first-order valence-electron chi connectivity index (χ1n) is 12.0. The van der Waals surface area contributed by atoms with Gasteiger partial charge in [0, 0.05) is 23.2 Å². The van der Waals surface area contributed by atoms with Gasteiger partial charge in [0.1, 0.15) is 11.8 Å². The summed E-state index contributed by atoms with van der Waals surface area (Å²) in [5.41, 5.74) is 1.33. The number of ether oxygens (including phenoxy) is 2. The zero-order chi connectivity index (χ0) is 27.0. The van der Waals surface area contributed by atoms with E-state index in [1.54, 1.807) is 32.3 Å². The largest absolute Gasteiger partial charge is 0.465 e. The molecule has 1 aromatic carbocycles. The predicted molar refractivity (Wildman–Crippen MR) is 139 cm³/mol. The first kappa shape index (κ1) is 25.9. The van der Waals surface area contributed by atoms with Gasteiger partial charge in [0.15, 0.2) is 0 Å². The second-order valence-electron chi connectivity index (χ2n) is 8.54. The van der Waals surface area contributed by atoms with E-state index >= 15 is 0 Å². The summed E-state index contributed by atoms with van der Waals surface area (Å²) in [7, 11) is 0. The van der Waals surface area contributed by atoms with Crippen LogP contribution in [0.3, 0.4) is 0 Å². The van der Waals surface area contributed by atoms with E-state index < -0.39 is 40.8 Å². The highest BCUT2D eigenvalue weighted by Crippen LogP contribution is 2.53. The topological polar surface area (TPSA) is 125 Å². The zero-order valence-electron chi connectivity index (χ0n) is 20.5. The molecule has 0 aliphatic carbocycles. The van der Waals surface area contributed by atoms with E-state index in [0.29, 0.717) is 26.7 Å². The van der Waals surface area contributed by atoms with Crippen LogP contribution in [-0.2, 0) is 30.4 Å². The van der Waals surface area contributed by atoms with Crippen molar-refractivity contribution in [2.75, 3.05) is 18.1 Å². The van der Waals surface area contributed by atoms with E-state index in [4.69, 9.17) is 9.47 Å². The average molecular weight is 554 g/mol. The highest BCUT2D eigenvalue weighted by Gasteiger charge is 2.56. The molecule has 10 nitrogen and oxygen atoms in total. The molecular weight excluding hydrogens is 530 g/mol. The number of amides is 2. The molecule has 0 radical (unpaired) electrons. The molecule has 3 unspecified atom stereocenters. The fraction of sp³-hybridized carbons (Fsp3) is 0.308. The summed E-state index contributed by atoms with van der Waals surface area (Å²) >= 11 is 2.07. The number of rotatable bonds is 7. The summed E-state index contributed by atoms with van der Waals surface area (Å²) in [5.74, 6) is -3.30. The van der Waals surface area contributed by atoms with Crippen LogP contribution in [0.15, 0.2) is 58.6 Å². The maximum absolute atomic E-state index is 13.8. The van der Waals surface area contributed by atoms with Gasteiger partial charge >= 0.3 is 16.8 Å².